The zero-order valence-corrected chi connectivity index (χ0v) is 21.7. The Hall–Kier alpha value is -2.97. The lowest BCUT2D eigenvalue weighted by Crippen LogP contribution is -2.54. The van der Waals surface area contributed by atoms with E-state index in [2.05, 4.69) is 24.5 Å². The highest BCUT2D eigenvalue weighted by Gasteiger charge is 2.76. The van der Waals surface area contributed by atoms with Crippen LogP contribution < -0.4 is 10.6 Å². The SMILES string of the molecule is CC(C)CCN1C(=O)[C@@H]2[C@H](C(=O)NCc3cccs3)[C@@]3(C)C=C[C@@]2(O3)[C@@H]1C(=O)NCc1ccccc1. The van der Waals surface area contributed by atoms with Gasteiger partial charge in [-0.1, -0.05) is 62.4 Å². The molecular weight excluding hydrogens is 474 g/mol. The van der Waals surface area contributed by atoms with Crippen molar-refractivity contribution in [1.29, 1.82) is 0 Å². The van der Waals surface area contributed by atoms with Gasteiger partial charge in [0, 0.05) is 18.0 Å². The number of rotatable bonds is 9. The summed E-state index contributed by atoms with van der Waals surface area (Å²) in [5.74, 6) is -1.74. The minimum atomic E-state index is -1.16. The zero-order valence-electron chi connectivity index (χ0n) is 20.9. The minimum absolute atomic E-state index is 0.181. The Morgan fingerprint density at radius 2 is 1.81 bits per heavy atom. The van der Waals surface area contributed by atoms with Crippen LogP contribution in [0.5, 0.6) is 0 Å². The summed E-state index contributed by atoms with van der Waals surface area (Å²) in [6.07, 6.45) is 4.49. The molecule has 8 heteroatoms. The molecule has 0 aliphatic carbocycles. The number of carbonyl (C=O) groups is 3. The fourth-order valence-corrected chi connectivity index (χ4v) is 6.49. The van der Waals surface area contributed by atoms with Crippen molar-refractivity contribution >= 4 is 29.1 Å². The summed E-state index contributed by atoms with van der Waals surface area (Å²) in [5.41, 5.74) is -1.13. The van der Waals surface area contributed by atoms with Crippen LogP contribution in [0.15, 0.2) is 60.0 Å². The molecule has 2 bridgehead atoms. The number of nitrogens with one attached hydrogen (secondary N) is 2. The van der Waals surface area contributed by atoms with Crippen LogP contribution in [0, 0.1) is 17.8 Å². The minimum Gasteiger partial charge on any atom is -0.356 e. The van der Waals surface area contributed by atoms with Gasteiger partial charge in [0.05, 0.1) is 24.0 Å². The number of ether oxygens (including phenoxy) is 1. The van der Waals surface area contributed by atoms with Crippen molar-refractivity contribution < 1.29 is 19.1 Å². The predicted molar refractivity (Wildman–Crippen MR) is 138 cm³/mol. The first-order chi connectivity index (χ1) is 17.2. The standard InChI is InChI=1S/C28H33N3O4S/c1-18(2)11-14-31-23(25(33)29-16-19-8-5-4-6-9-19)28-13-12-27(3,35-28)21(22(28)26(31)34)24(32)30-17-20-10-7-15-36-20/h4-10,12-13,15,18,21-23H,11,14,16-17H2,1-3H3,(H,29,33)(H,30,32)/t21-,22+,23+,27-,28+/m1/s1. The average molecular weight is 508 g/mol. The van der Waals surface area contributed by atoms with Gasteiger partial charge in [-0.3, -0.25) is 14.4 Å². The van der Waals surface area contributed by atoms with E-state index in [1.165, 1.54) is 0 Å². The Balaban J connectivity index is 1.43. The number of thiophene rings is 1. The molecule has 1 spiro atoms. The fourth-order valence-electron chi connectivity index (χ4n) is 5.85. The van der Waals surface area contributed by atoms with Gasteiger partial charge in [0.15, 0.2) is 0 Å². The van der Waals surface area contributed by atoms with Crippen LogP contribution in [0.4, 0.5) is 0 Å². The van der Waals surface area contributed by atoms with Gasteiger partial charge in [-0.05, 0) is 36.3 Å². The van der Waals surface area contributed by atoms with E-state index in [1.807, 2.05) is 66.9 Å². The summed E-state index contributed by atoms with van der Waals surface area (Å²) in [6.45, 7) is 7.22. The lowest BCUT2D eigenvalue weighted by Gasteiger charge is -2.33. The van der Waals surface area contributed by atoms with Crippen LogP contribution in [0.2, 0.25) is 0 Å². The summed E-state index contributed by atoms with van der Waals surface area (Å²) < 4.78 is 6.54. The van der Waals surface area contributed by atoms with Crippen LogP contribution in [-0.2, 0) is 32.2 Å². The van der Waals surface area contributed by atoms with E-state index in [1.54, 1.807) is 16.2 Å². The van der Waals surface area contributed by atoms with Gasteiger partial charge >= 0.3 is 0 Å². The number of likely N-dealkylation sites (tertiary alicyclic amines) is 1. The molecule has 0 saturated carbocycles. The van der Waals surface area contributed by atoms with Crippen LogP contribution in [0.1, 0.15) is 37.6 Å². The molecule has 0 unspecified atom stereocenters. The monoisotopic (exact) mass is 507 g/mol. The van der Waals surface area contributed by atoms with Gasteiger partial charge < -0.3 is 20.3 Å². The normalized spacial score (nSPS) is 30.2. The van der Waals surface area contributed by atoms with Crippen molar-refractivity contribution in [3.05, 3.63) is 70.4 Å². The molecular formula is C28H33N3O4S. The number of nitrogens with zero attached hydrogens (tertiary/aromatic N) is 1. The number of benzene rings is 1. The van der Waals surface area contributed by atoms with E-state index < -0.39 is 29.1 Å². The molecule has 7 nitrogen and oxygen atoms in total. The molecule has 2 fully saturated rings. The van der Waals surface area contributed by atoms with Gasteiger partial charge in [0.25, 0.3) is 0 Å². The summed E-state index contributed by atoms with van der Waals surface area (Å²) in [6, 6.07) is 12.8. The van der Waals surface area contributed by atoms with Crippen molar-refractivity contribution in [3.63, 3.8) is 0 Å². The number of hydrogen-bond donors (Lipinski definition) is 2. The predicted octanol–water partition coefficient (Wildman–Crippen LogP) is 3.27. The molecule has 5 atom stereocenters. The maximum absolute atomic E-state index is 13.9. The molecule has 190 valence electrons. The van der Waals surface area contributed by atoms with Crippen LogP contribution in [0.25, 0.3) is 0 Å². The Morgan fingerprint density at radius 3 is 2.50 bits per heavy atom. The maximum atomic E-state index is 13.9. The summed E-state index contributed by atoms with van der Waals surface area (Å²) in [4.78, 5) is 43.8. The summed E-state index contributed by atoms with van der Waals surface area (Å²) in [7, 11) is 0. The first kappa shape index (κ1) is 24.7. The Bertz CT molecular complexity index is 1160. The molecule has 3 aliphatic rings. The highest BCUT2D eigenvalue weighted by atomic mass is 32.1. The topological polar surface area (TPSA) is 87.7 Å². The van der Waals surface area contributed by atoms with Crippen molar-refractivity contribution in [1.82, 2.24) is 15.5 Å². The number of amides is 3. The third kappa shape index (κ3) is 4.16. The van der Waals surface area contributed by atoms with Crippen LogP contribution in [0.3, 0.4) is 0 Å². The molecule has 2 N–H and O–H groups in total. The largest absolute Gasteiger partial charge is 0.356 e. The molecule has 5 rings (SSSR count). The summed E-state index contributed by atoms with van der Waals surface area (Å²) >= 11 is 1.57. The summed E-state index contributed by atoms with van der Waals surface area (Å²) in [5, 5.41) is 8.00. The van der Waals surface area contributed by atoms with Gasteiger partial charge in [-0.15, -0.1) is 11.3 Å². The van der Waals surface area contributed by atoms with Crippen LogP contribution >= 0.6 is 11.3 Å². The second kappa shape index (κ2) is 9.48. The van der Waals surface area contributed by atoms with Gasteiger partial charge in [-0.2, -0.15) is 0 Å². The molecule has 2 aromatic rings. The van der Waals surface area contributed by atoms with Crippen molar-refractivity contribution in [3.8, 4) is 0 Å². The average Bonchev–Trinajstić information content (AvgIpc) is 3.60. The molecule has 1 aromatic carbocycles. The molecule has 36 heavy (non-hydrogen) atoms. The zero-order chi connectivity index (χ0) is 25.5. The van der Waals surface area contributed by atoms with E-state index >= 15 is 0 Å². The fraction of sp³-hybridized carbons (Fsp3) is 0.464. The van der Waals surface area contributed by atoms with Gasteiger partial charge in [0.1, 0.15) is 11.6 Å². The molecule has 2 saturated heterocycles. The second-order valence-corrected chi connectivity index (χ2v) is 11.6. The molecule has 3 aliphatic heterocycles. The highest BCUT2D eigenvalue weighted by molar-refractivity contribution is 7.09. The maximum Gasteiger partial charge on any atom is 0.246 e. The first-order valence-electron chi connectivity index (χ1n) is 12.6. The second-order valence-electron chi connectivity index (χ2n) is 10.5. The van der Waals surface area contributed by atoms with E-state index in [-0.39, 0.29) is 17.7 Å². The smallest absolute Gasteiger partial charge is 0.246 e. The van der Waals surface area contributed by atoms with E-state index in [0.717, 1.165) is 16.9 Å². The molecule has 3 amide bonds. The Kier molecular flexibility index (Phi) is 6.51. The number of fused-ring (bicyclic) bond motifs is 1. The van der Waals surface area contributed by atoms with Crippen molar-refractivity contribution in [2.75, 3.05) is 6.54 Å². The number of carbonyl (C=O) groups excluding carboxylic acids is 3. The Morgan fingerprint density at radius 1 is 1.06 bits per heavy atom. The number of hydrogen-bond acceptors (Lipinski definition) is 5. The van der Waals surface area contributed by atoms with Gasteiger partial charge in [0.2, 0.25) is 17.7 Å². The van der Waals surface area contributed by atoms with E-state index in [0.29, 0.717) is 25.6 Å². The Labute approximate surface area is 215 Å². The molecule has 1 aromatic heterocycles. The van der Waals surface area contributed by atoms with Crippen LogP contribution in [-0.4, -0.2) is 46.4 Å². The van der Waals surface area contributed by atoms with Gasteiger partial charge in [-0.25, -0.2) is 0 Å². The van der Waals surface area contributed by atoms with E-state index in [4.69, 9.17) is 4.74 Å². The highest BCUT2D eigenvalue weighted by Crippen LogP contribution is 2.59. The first-order valence-corrected chi connectivity index (χ1v) is 13.5. The quantitative estimate of drug-likeness (QED) is 0.510. The van der Waals surface area contributed by atoms with Crippen molar-refractivity contribution in [2.24, 2.45) is 17.8 Å². The third-order valence-corrected chi connectivity index (χ3v) is 8.48. The van der Waals surface area contributed by atoms with E-state index in [9.17, 15) is 14.4 Å². The molecule has 0 radical (unpaired) electrons. The lowest BCUT2D eigenvalue weighted by molar-refractivity contribution is -0.145. The lowest BCUT2D eigenvalue weighted by atomic mass is 9.70. The molecule has 4 heterocycles. The third-order valence-electron chi connectivity index (χ3n) is 7.60. The van der Waals surface area contributed by atoms with Crippen molar-refractivity contribution in [2.45, 2.75) is 57.5 Å².